The standard InChI is InChI=1S/C26H20ClN5O/c27-21-14-12-19(13-15-21)22-17-23(20-9-5-2-6-10-20)32-26(28-22)30-25(31-32)29-24(33)16-11-18-7-3-1-4-8-18/h1-17,23H,(H2,28,29,30,31,33)/b16-11+/t23-/m0/s1. The molecule has 0 fully saturated rings. The van der Waals surface area contributed by atoms with Gasteiger partial charge < -0.3 is 5.32 Å². The molecule has 1 aliphatic heterocycles. The maximum atomic E-state index is 12.4. The van der Waals surface area contributed by atoms with Crippen LogP contribution in [0.4, 0.5) is 11.9 Å². The first-order valence-electron chi connectivity index (χ1n) is 10.5. The van der Waals surface area contributed by atoms with Gasteiger partial charge in [-0.15, -0.1) is 5.10 Å². The summed E-state index contributed by atoms with van der Waals surface area (Å²) in [5.74, 6) is 0.467. The fraction of sp³-hybridized carbons (Fsp3) is 0.0385. The van der Waals surface area contributed by atoms with Crippen LogP contribution in [0, 0.1) is 0 Å². The summed E-state index contributed by atoms with van der Waals surface area (Å²) < 4.78 is 1.77. The van der Waals surface area contributed by atoms with Crippen molar-refractivity contribution in [2.75, 3.05) is 10.6 Å². The van der Waals surface area contributed by atoms with Gasteiger partial charge in [0.1, 0.15) is 6.04 Å². The van der Waals surface area contributed by atoms with E-state index in [1.165, 1.54) is 6.08 Å². The number of halogens is 1. The molecule has 3 aromatic carbocycles. The van der Waals surface area contributed by atoms with Gasteiger partial charge in [-0.25, -0.2) is 4.68 Å². The van der Waals surface area contributed by atoms with Gasteiger partial charge in [-0.3, -0.25) is 10.1 Å². The van der Waals surface area contributed by atoms with Gasteiger partial charge in [0.25, 0.3) is 11.9 Å². The minimum atomic E-state index is -0.302. The van der Waals surface area contributed by atoms with E-state index in [1.54, 1.807) is 10.8 Å². The zero-order valence-corrected chi connectivity index (χ0v) is 18.3. The number of carbonyl (C=O) groups is 1. The second-order valence-corrected chi connectivity index (χ2v) is 7.94. The van der Waals surface area contributed by atoms with Gasteiger partial charge in [0.2, 0.25) is 5.95 Å². The van der Waals surface area contributed by atoms with E-state index in [4.69, 9.17) is 11.6 Å². The Morgan fingerprint density at radius 2 is 1.67 bits per heavy atom. The quantitative estimate of drug-likeness (QED) is 0.383. The lowest BCUT2D eigenvalue weighted by Crippen LogP contribution is -2.20. The predicted octanol–water partition coefficient (Wildman–Crippen LogP) is 5.64. The van der Waals surface area contributed by atoms with E-state index in [2.05, 4.69) is 26.8 Å². The second-order valence-electron chi connectivity index (χ2n) is 7.50. The highest BCUT2D eigenvalue weighted by Crippen LogP contribution is 2.33. The summed E-state index contributed by atoms with van der Waals surface area (Å²) in [5.41, 5.74) is 3.86. The Morgan fingerprint density at radius 3 is 2.39 bits per heavy atom. The number of hydrogen-bond acceptors (Lipinski definition) is 4. The van der Waals surface area contributed by atoms with Crippen LogP contribution in [0.5, 0.6) is 0 Å². The number of allylic oxidation sites excluding steroid dienone is 1. The third-order valence-electron chi connectivity index (χ3n) is 5.22. The molecular formula is C26H20ClN5O. The van der Waals surface area contributed by atoms with E-state index in [9.17, 15) is 4.79 Å². The van der Waals surface area contributed by atoms with Crippen molar-refractivity contribution in [1.29, 1.82) is 0 Å². The molecule has 2 heterocycles. The number of amides is 1. The van der Waals surface area contributed by atoms with E-state index in [1.807, 2.05) is 84.9 Å². The summed E-state index contributed by atoms with van der Waals surface area (Å²) in [6, 6.07) is 27.1. The van der Waals surface area contributed by atoms with Crippen molar-refractivity contribution < 1.29 is 4.79 Å². The first-order valence-corrected chi connectivity index (χ1v) is 10.8. The van der Waals surface area contributed by atoms with Crippen LogP contribution in [-0.2, 0) is 4.79 Å². The summed E-state index contributed by atoms with van der Waals surface area (Å²) in [6.45, 7) is 0. The molecule has 1 aromatic heterocycles. The van der Waals surface area contributed by atoms with Crippen molar-refractivity contribution in [3.05, 3.63) is 119 Å². The number of benzene rings is 3. The van der Waals surface area contributed by atoms with Crippen molar-refractivity contribution in [3.63, 3.8) is 0 Å². The summed E-state index contributed by atoms with van der Waals surface area (Å²) in [7, 11) is 0. The number of carbonyl (C=O) groups excluding carboxylic acids is 1. The molecule has 4 aromatic rings. The third-order valence-corrected chi connectivity index (χ3v) is 5.48. The van der Waals surface area contributed by atoms with Crippen LogP contribution >= 0.6 is 11.6 Å². The molecule has 6 nitrogen and oxygen atoms in total. The normalized spacial score (nSPS) is 14.9. The molecule has 0 spiro atoms. The summed E-state index contributed by atoms with van der Waals surface area (Å²) in [5, 5.41) is 11.3. The molecule has 1 amide bonds. The summed E-state index contributed by atoms with van der Waals surface area (Å²) >= 11 is 6.06. The highest BCUT2D eigenvalue weighted by molar-refractivity contribution is 6.30. The zero-order chi connectivity index (χ0) is 22.6. The first kappa shape index (κ1) is 20.7. The molecule has 1 aliphatic rings. The van der Waals surface area contributed by atoms with Gasteiger partial charge in [-0.1, -0.05) is 84.4 Å². The molecule has 0 saturated carbocycles. The van der Waals surface area contributed by atoms with Crippen molar-refractivity contribution in [3.8, 4) is 0 Å². The van der Waals surface area contributed by atoms with Gasteiger partial charge in [-0.05, 0) is 41.0 Å². The lowest BCUT2D eigenvalue weighted by molar-refractivity contribution is -0.111. The molecule has 0 bridgehead atoms. The van der Waals surface area contributed by atoms with Crippen LogP contribution < -0.4 is 10.6 Å². The van der Waals surface area contributed by atoms with Crippen LogP contribution in [0.3, 0.4) is 0 Å². The molecule has 5 rings (SSSR count). The Hall–Kier alpha value is -4.16. The zero-order valence-electron chi connectivity index (χ0n) is 17.5. The first-order chi connectivity index (χ1) is 16.2. The van der Waals surface area contributed by atoms with E-state index in [-0.39, 0.29) is 17.9 Å². The third kappa shape index (κ3) is 4.71. The molecular weight excluding hydrogens is 434 g/mol. The molecule has 2 N–H and O–H groups in total. The Labute approximate surface area is 196 Å². The van der Waals surface area contributed by atoms with Gasteiger partial charge in [0.15, 0.2) is 0 Å². The van der Waals surface area contributed by atoms with Crippen LogP contribution in [0.2, 0.25) is 5.02 Å². The summed E-state index contributed by atoms with van der Waals surface area (Å²) in [6.07, 6.45) is 5.30. The van der Waals surface area contributed by atoms with Crippen LogP contribution in [0.25, 0.3) is 11.8 Å². The van der Waals surface area contributed by atoms with Crippen molar-refractivity contribution in [2.45, 2.75) is 6.04 Å². The van der Waals surface area contributed by atoms with E-state index in [0.717, 1.165) is 22.4 Å². The molecule has 0 aliphatic carbocycles. The molecule has 0 unspecified atom stereocenters. The smallest absolute Gasteiger partial charge is 0.250 e. The number of rotatable bonds is 5. The van der Waals surface area contributed by atoms with Gasteiger partial charge in [0.05, 0.1) is 0 Å². The van der Waals surface area contributed by atoms with Crippen LogP contribution in [0.1, 0.15) is 22.7 Å². The van der Waals surface area contributed by atoms with Gasteiger partial charge >= 0.3 is 0 Å². The maximum Gasteiger partial charge on any atom is 0.250 e. The monoisotopic (exact) mass is 453 g/mol. The maximum absolute atomic E-state index is 12.4. The Kier molecular flexibility index (Phi) is 5.74. The minimum Gasteiger partial charge on any atom is -0.324 e. The molecule has 0 radical (unpaired) electrons. The number of fused-ring (bicyclic) bond motifs is 1. The fourth-order valence-corrected chi connectivity index (χ4v) is 3.75. The SMILES string of the molecule is O=C(/C=C/c1ccccc1)Nc1nc2n(n1)[C@H](c1ccccc1)C=C(c1ccc(Cl)cc1)N2. The van der Waals surface area contributed by atoms with Gasteiger partial charge in [0, 0.05) is 16.8 Å². The minimum absolute atomic E-state index is 0.189. The highest BCUT2D eigenvalue weighted by Gasteiger charge is 2.25. The second kappa shape index (κ2) is 9.14. The van der Waals surface area contributed by atoms with Gasteiger partial charge in [-0.2, -0.15) is 4.98 Å². The lowest BCUT2D eigenvalue weighted by atomic mass is 10.0. The lowest BCUT2D eigenvalue weighted by Gasteiger charge is -2.24. The van der Waals surface area contributed by atoms with Crippen LogP contribution in [-0.4, -0.2) is 20.7 Å². The average molecular weight is 454 g/mol. The fourth-order valence-electron chi connectivity index (χ4n) is 3.62. The number of nitrogens with one attached hydrogen (secondary N) is 2. The average Bonchev–Trinajstić information content (AvgIpc) is 3.26. The Bertz CT molecular complexity index is 1330. The molecule has 7 heteroatoms. The predicted molar refractivity (Wildman–Crippen MR) is 132 cm³/mol. The Morgan fingerprint density at radius 1 is 0.970 bits per heavy atom. The number of anilines is 2. The van der Waals surface area contributed by atoms with Crippen molar-refractivity contribution in [1.82, 2.24) is 14.8 Å². The van der Waals surface area contributed by atoms with Crippen molar-refractivity contribution >= 4 is 41.2 Å². The molecule has 0 saturated heterocycles. The molecule has 162 valence electrons. The van der Waals surface area contributed by atoms with Crippen LogP contribution in [0.15, 0.2) is 97.1 Å². The topological polar surface area (TPSA) is 71.8 Å². The highest BCUT2D eigenvalue weighted by atomic mass is 35.5. The summed E-state index contributed by atoms with van der Waals surface area (Å²) in [4.78, 5) is 17.0. The number of nitrogens with zero attached hydrogens (tertiary/aromatic N) is 3. The Balaban J connectivity index is 1.43. The largest absolute Gasteiger partial charge is 0.324 e. The number of hydrogen-bond donors (Lipinski definition) is 2. The molecule has 1 atom stereocenters. The number of aromatic nitrogens is 3. The van der Waals surface area contributed by atoms with Crippen molar-refractivity contribution in [2.24, 2.45) is 0 Å². The van der Waals surface area contributed by atoms with E-state index < -0.39 is 0 Å². The van der Waals surface area contributed by atoms with E-state index >= 15 is 0 Å². The van der Waals surface area contributed by atoms with E-state index in [0.29, 0.717) is 11.0 Å². The molecule has 33 heavy (non-hydrogen) atoms.